The van der Waals surface area contributed by atoms with Crippen molar-refractivity contribution in [3.05, 3.63) is 59.5 Å². The van der Waals surface area contributed by atoms with E-state index >= 15 is 0 Å². The van der Waals surface area contributed by atoms with Crippen LogP contribution < -0.4 is 15.1 Å². The van der Waals surface area contributed by atoms with Crippen LogP contribution in [0.5, 0.6) is 0 Å². The molecule has 1 N–H and O–H groups in total. The molecule has 3 fully saturated rings. The van der Waals surface area contributed by atoms with Gasteiger partial charge in [0.2, 0.25) is 5.95 Å². The number of carbonyl (C=O) groups is 1. The second kappa shape index (κ2) is 7.32. The van der Waals surface area contributed by atoms with Crippen molar-refractivity contribution in [2.24, 2.45) is 0 Å². The lowest BCUT2D eigenvalue weighted by Gasteiger charge is -2.41. The van der Waals surface area contributed by atoms with E-state index in [0.717, 1.165) is 54.8 Å². The van der Waals surface area contributed by atoms with Crippen LogP contribution in [0, 0.1) is 6.92 Å². The highest BCUT2D eigenvalue weighted by Gasteiger charge is 2.53. The van der Waals surface area contributed by atoms with Crippen molar-refractivity contribution < 1.29 is 9.53 Å². The van der Waals surface area contributed by atoms with E-state index in [-0.39, 0.29) is 5.41 Å². The monoisotopic (exact) mass is 454 g/mol. The van der Waals surface area contributed by atoms with Crippen molar-refractivity contribution in [1.82, 2.24) is 20.3 Å². The first-order valence-corrected chi connectivity index (χ1v) is 11.9. The number of fused-ring (bicyclic) bond motifs is 4. The third-order valence-electron chi connectivity index (χ3n) is 7.75. The van der Waals surface area contributed by atoms with Crippen molar-refractivity contribution in [3.63, 3.8) is 0 Å². The number of carbonyl (C=O) groups excluding carboxylic acids is 1. The summed E-state index contributed by atoms with van der Waals surface area (Å²) in [5.41, 5.74) is 6.98. The third-order valence-corrected chi connectivity index (χ3v) is 7.75. The predicted molar refractivity (Wildman–Crippen MR) is 129 cm³/mol. The number of hydrogen-bond acceptors (Lipinski definition) is 8. The van der Waals surface area contributed by atoms with Crippen LogP contribution in [0.15, 0.2) is 42.9 Å². The van der Waals surface area contributed by atoms with Gasteiger partial charge in [-0.2, -0.15) is 0 Å². The van der Waals surface area contributed by atoms with Crippen LogP contribution in [0.4, 0.5) is 17.3 Å². The van der Waals surface area contributed by atoms with Crippen LogP contribution >= 0.6 is 0 Å². The summed E-state index contributed by atoms with van der Waals surface area (Å²) < 4.78 is 5.75. The summed E-state index contributed by atoms with van der Waals surface area (Å²) in [6.07, 6.45) is 7.58. The summed E-state index contributed by atoms with van der Waals surface area (Å²) in [5, 5.41) is 3.59. The number of nitrogens with zero attached hydrogens (tertiary/aromatic N) is 5. The molecule has 3 saturated heterocycles. The minimum atomic E-state index is -0.0958. The number of aromatic nitrogens is 3. The molecule has 6 heterocycles. The minimum Gasteiger partial charge on any atom is -0.379 e. The zero-order chi connectivity index (χ0) is 22.9. The number of benzene rings is 1. The zero-order valence-electron chi connectivity index (χ0n) is 19.1. The Kier molecular flexibility index (Phi) is 4.32. The van der Waals surface area contributed by atoms with E-state index < -0.39 is 0 Å². The fourth-order valence-corrected chi connectivity index (χ4v) is 6.06. The van der Waals surface area contributed by atoms with Crippen molar-refractivity contribution in [2.75, 3.05) is 42.6 Å². The Morgan fingerprint density at radius 2 is 1.97 bits per heavy atom. The van der Waals surface area contributed by atoms with Crippen LogP contribution in [-0.2, 0) is 10.2 Å². The Balaban J connectivity index is 1.31. The summed E-state index contributed by atoms with van der Waals surface area (Å²) in [6, 6.07) is 9.07. The lowest BCUT2D eigenvalue weighted by atomic mass is 9.79. The van der Waals surface area contributed by atoms with Gasteiger partial charge in [-0.05, 0) is 43.2 Å². The van der Waals surface area contributed by atoms with E-state index in [9.17, 15) is 4.79 Å². The molecular weight excluding hydrogens is 428 g/mol. The lowest BCUT2D eigenvalue weighted by molar-refractivity contribution is -0.0505. The maximum atomic E-state index is 11.9. The van der Waals surface area contributed by atoms with Crippen LogP contribution in [0.1, 0.15) is 27.9 Å². The molecule has 1 spiro atoms. The van der Waals surface area contributed by atoms with E-state index in [1.54, 1.807) is 6.20 Å². The van der Waals surface area contributed by atoms with Gasteiger partial charge in [0.25, 0.3) is 0 Å². The normalized spacial score (nSPS) is 23.9. The maximum Gasteiger partial charge on any atom is 0.229 e. The van der Waals surface area contributed by atoms with Crippen LogP contribution in [0.25, 0.3) is 11.3 Å². The fourth-order valence-electron chi connectivity index (χ4n) is 6.06. The maximum absolute atomic E-state index is 11.9. The molecule has 4 aliphatic rings. The van der Waals surface area contributed by atoms with Crippen LogP contribution in [0.2, 0.25) is 0 Å². The Morgan fingerprint density at radius 1 is 1.15 bits per heavy atom. The molecular formula is C26H26N6O2. The number of aldehydes is 1. The molecule has 0 aliphatic carbocycles. The van der Waals surface area contributed by atoms with Crippen molar-refractivity contribution in [2.45, 2.75) is 30.8 Å². The molecule has 2 aromatic heterocycles. The van der Waals surface area contributed by atoms with Gasteiger partial charge in [0, 0.05) is 72.7 Å². The smallest absolute Gasteiger partial charge is 0.229 e. The number of rotatable bonds is 4. The number of aryl methyl sites for hydroxylation is 1. The van der Waals surface area contributed by atoms with E-state index in [0.29, 0.717) is 36.8 Å². The Bertz CT molecular complexity index is 1290. The molecule has 8 nitrogen and oxygen atoms in total. The van der Waals surface area contributed by atoms with E-state index in [4.69, 9.17) is 14.7 Å². The highest BCUT2D eigenvalue weighted by molar-refractivity contribution is 5.87. The molecule has 172 valence electrons. The van der Waals surface area contributed by atoms with Gasteiger partial charge in [0.05, 0.1) is 30.0 Å². The quantitative estimate of drug-likeness (QED) is 0.603. The first kappa shape index (κ1) is 20.1. The molecule has 0 unspecified atom stereocenters. The van der Waals surface area contributed by atoms with Crippen molar-refractivity contribution in [1.29, 1.82) is 0 Å². The highest BCUT2D eigenvalue weighted by atomic mass is 16.5. The molecule has 0 saturated carbocycles. The van der Waals surface area contributed by atoms with Gasteiger partial charge in [-0.3, -0.25) is 9.78 Å². The Hall–Kier alpha value is -3.36. The zero-order valence-corrected chi connectivity index (χ0v) is 19.1. The SMILES string of the molecule is Cc1ccnc(-c2cnc(N3CC4(COC4)c4c3cc(C=O)cc4N3C[C@@H]4C[C@H]3CN4)nc2)c1. The summed E-state index contributed by atoms with van der Waals surface area (Å²) >= 11 is 0. The van der Waals surface area contributed by atoms with Gasteiger partial charge in [-0.15, -0.1) is 0 Å². The predicted octanol–water partition coefficient (Wildman–Crippen LogP) is 2.63. The molecule has 8 heteroatoms. The number of hydrogen-bond donors (Lipinski definition) is 1. The molecule has 7 rings (SSSR count). The fraction of sp³-hybridized carbons (Fsp3) is 0.385. The Morgan fingerprint density at radius 3 is 2.62 bits per heavy atom. The molecule has 2 atom stereocenters. The number of pyridine rings is 1. The van der Waals surface area contributed by atoms with Crippen LogP contribution in [-0.4, -0.2) is 66.2 Å². The summed E-state index contributed by atoms with van der Waals surface area (Å²) in [6.45, 7) is 6.12. The largest absolute Gasteiger partial charge is 0.379 e. The van der Waals surface area contributed by atoms with Crippen LogP contribution in [0.3, 0.4) is 0 Å². The second-order valence-electron chi connectivity index (χ2n) is 10.0. The first-order chi connectivity index (χ1) is 16.6. The summed E-state index contributed by atoms with van der Waals surface area (Å²) in [4.78, 5) is 30.5. The van der Waals surface area contributed by atoms with Gasteiger partial charge in [0.1, 0.15) is 6.29 Å². The Labute approximate surface area is 198 Å². The first-order valence-electron chi connectivity index (χ1n) is 11.9. The van der Waals surface area contributed by atoms with E-state index in [1.165, 1.54) is 11.3 Å². The molecule has 0 amide bonds. The summed E-state index contributed by atoms with van der Waals surface area (Å²) in [5.74, 6) is 0.639. The van der Waals surface area contributed by atoms with Crippen molar-refractivity contribution >= 4 is 23.6 Å². The molecule has 0 radical (unpaired) electrons. The highest BCUT2D eigenvalue weighted by Crippen LogP contribution is 2.53. The number of nitrogens with one attached hydrogen (secondary N) is 1. The van der Waals surface area contributed by atoms with Gasteiger partial charge in [0.15, 0.2) is 0 Å². The van der Waals surface area contributed by atoms with Gasteiger partial charge < -0.3 is 19.9 Å². The number of anilines is 3. The van der Waals surface area contributed by atoms with Gasteiger partial charge >= 0.3 is 0 Å². The minimum absolute atomic E-state index is 0.0958. The second-order valence-corrected chi connectivity index (χ2v) is 10.0. The molecule has 1 aromatic carbocycles. The van der Waals surface area contributed by atoms with Gasteiger partial charge in [-0.1, -0.05) is 0 Å². The topological polar surface area (TPSA) is 83.5 Å². The summed E-state index contributed by atoms with van der Waals surface area (Å²) in [7, 11) is 0. The standard InChI is InChI=1S/C26H26N6O2/c1-16-2-3-27-21(4-16)18-8-29-25(30-9-18)32-13-26(14-34-15-26)24-22(5-17(12-33)6-23(24)32)31-11-19-7-20(31)10-28-19/h2-6,8-9,12,19-20,28H,7,10-11,13-15H2,1H3/t19-,20-/m0/s1. The number of piperazine rings is 1. The molecule has 2 bridgehead atoms. The molecule has 4 aliphatic heterocycles. The third kappa shape index (κ3) is 2.91. The average molecular weight is 455 g/mol. The van der Waals surface area contributed by atoms with Crippen molar-refractivity contribution in [3.8, 4) is 11.3 Å². The number of ether oxygens (including phenoxy) is 1. The van der Waals surface area contributed by atoms with E-state index in [1.807, 2.05) is 37.5 Å². The molecule has 34 heavy (non-hydrogen) atoms. The average Bonchev–Trinajstić information content (AvgIpc) is 3.56. The van der Waals surface area contributed by atoms with Gasteiger partial charge in [-0.25, -0.2) is 9.97 Å². The molecule has 3 aromatic rings. The lowest BCUT2D eigenvalue weighted by Crippen LogP contribution is -2.51. The van der Waals surface area contributed by atoms with E-state index in [2.05, 4.69) is 26.2 Å².